The summed E-state index contributed by atoms with van der Waals surface area (Å²) in [5, 5.41) is 4.33. The summed E-state index contributed by atoms with van der Waals surface area (Å²) >= 11 is 0. The van der Waals surface area contributed by atoms with Crippen LogP contribution in [0.1, 0.15) is 24.2 Å². The lowest BCUT2D eigenvalue weighted by Gasteiger charge is -2.32. The first kappa shape index (κ1) is 14.7. The van der Waals surface area contributed by atoms with Gasteiger partial charge in [-0.3, -0.25) is 4.79 Å². The van der Waals surface area contributed by atoms with Crippen molar-refractivity contribution in [2.75, 3.05) is 18.0 Å². The normalized spacial score (nSPS) is 16.0. The van der Waals surface area contributed by atoms with Crippen LogP contribution in [0.15, 0.2) is 29.3 Å². The van der Waals surface area contributed by atoms with Gasteiger partial charge in [0, 0.05) is 37.5 Å². The molecular formula is C16H21N5O. The average molecular weight is 299 g/mol. The smallest absolute Gasteiger partial charge is 0.266 e. The molecule has 0 unspecified atom stereocenters. The van der Waals surface area contributed by atoms with Gasteiger partial charge < -0.3 is 4.90 Å². The molecule has 0 saturated carbocycles. The SMILES string of the molecule is Cc1cc(N2CCC(Cn3nc(C)ccc3=O)CC2)ncn1. The van der Waals surface area contributed by atoms with E-state index >= 15 is 0 Å². The van der Waals surface area contributed by atoms with Crippen molar-refractivity contribution >= 4 is 5.82 Å². The van der Waals surface area contributed by atoms with Gasteiger partial charge in [-0.05, 0) is 38.7 Å². The van der Waals surface area contributed by atoms with Crippen molar-refractivity contribution in [2.24, 2.45) is 5.92 Å². The molecule has 0 radical (unpaired) electrons. The Kier molecular flexibility index (Phi) is 4.18. The molecule has 1 aliphatic heterocycles. The molecule has 22 heavy (non-hydrogen) atoms. The molecule has 1 fully saturated rings. The Balaban J connectivity index is 1.62. The molecule has 0 amide bonds. The Hall–Kier alpha value is -2.24. The zero-order valence-corrected chi connectivity index (χ0v) is 13.1. The largest absolute Gasteiger partial charge is 0.356 e. The predicted molar refractivity (Wildman–Crippen MR) is 84.9 cm³/mol. The lowest BCUT2D eigenvalue weighted by atomic mass is 9.97. The van der Waals surface area contributed by atoms with Crippen molar-refractivity contribution in [3.63, 3.8) is 0 Å². The predicted octanol–water partition coefficient (Wildman–Crippen LogP) is 1.57. The van der Waals surface area contributed by atoms with Gasteiger partial charge in [0.15, 0.2) is 0 Å². The Labute approximate surface area is 129 Å². The summed E-state index contributed by atoms with van der Waals surface area (Å²) in [4.78, 5) is 22.6. The van der Waals surface area contributed by atoms with E-state index in [1.165, 1.54) is 0 Å². The Morgan fingerprint density at radius 2 is 1.91 bits per heavy atom. The van der Waals surface area contributed by atoms with Crippen LogP contribution in [0.25, 0.3) is 0 Å². The summed E-state index contributed by atoms with van der Waals surface area (Å²) < 4.78 is 1.60. The minimum atomic E-state index is -0.0144. The third-order valence-corrected chi connectivity index (χ3v) is 4.16. The van der Waals surface area contributed by atoms with E-state index < -0.39 is 0 Å². The zero-order chi connectivity index (χ0) is 15.5. The fraction of sp³-hybridized carbons (Fsp3) is 0.500. The maximum absolute atomic E-state index is 11.8. The molecule has 3 rings (SSSR count). The van der Waals surface area contributed by atoms with E-state index in [9.17, 15) is 4.79 Å². The molecule has 0 N–H and O–H groups in total. The van der Waals surface area contributed by atoms with Crippen molar-refractivity contribution in [1.29, 1.82) is 0 Å². The van der Waals surface area contributed by atoms with E-state index in [1.807, 2.05) is 19.9 Å². The van der Waals surface area contributed by atoms with E-state index in [-0.39, 0.29) is 5.56 Å². The van der Waals surface area contributed by atoms with E-state index in [2.05, 4.69) is 20.0 Å². The van der Waals surface area contributed by atoms with Gasteiger partial charge in [-0.1, -0.05) is 0 Å². The Bertz CT molecular complexity index is 704. The van der Waals surface area contributed by atoms with Gasteiger partial charge in [-0.2, -0.15) is 5.10 Å². The van der Waals surface area contributed by atoms with Crippen molar-refractivity contribution < 1.29 is 0 Å². The minimum Gasteiger partial charge on any atom is -0.356 e. The number of hydrogen-bond acceptors (Lipinski definition) is 5. The van der Waals surface area contributed by atoms with E-state index in [0.717, 1.165) is 43.1 Å². The van der Waals surface area contributed by atoms with Gasteiger partial charge in [0.1, 0.15) is 12.1 Å². The van der Waals surface area contributed by atoms with E-state index in [1.54, 1.807) is 23.1 Å². The number of piperidine rings is 1. The van der Waals surface area contributed by atoms with Crippen LogP contribution in [0.3, 0.4) is 0 Å². The maximum atomic E-state index is 11.8. The van der Waals surface area contributed by atoms with Crippen LogP contribution in [0, 0.1) is 19.8 Å². The monoisotopic (exact) mass is 299 g/mol. The standard InChI is InChI=1S/C16H21N5O/c1-12-3-4-16(22)21(19-12)10-14-5-7-20(8-6-14)15-9-13(2)17-11-18-15/h3-4,9,11,14H,5-8,10H2,1-2H3. The molecule has 2 aromatic rings. The lowest BCUT2D eigenvalue weighted by Crippen LogP contribution is -2.37. The second kappa shape index (κ2) is 6.25. The fourth-order valence-electron chi connectivity index (χ4n) is 2.88. The molecule has 0 bridgehead atoms. The van der Waals surface area contributed by atoms with Crippen LogP contribution in [0.5, 0.6) is 0 Å². The molecule has 1 saturated heterocycles. The number of anilines is 1. The minimum absolute atomic E-state index is 0.0144. The number of aryl methyl sites for hydroxylation is 2. The average Bonchev–Trinajstić information content (AvgIpc) is 2.52. The van der Waals surface area contributed by atoms with Crippen molar-refractivity contribution in [3.8, 4) is 0 Å². The maximum Gasteiger partial charge on any atom is 0.266 e. The molecule has 6 heteroatoms. The summed E-state index contributed by atoms with van der Waals surface area (Å²) in [5.41, 5.74) is 1.86. The van der Waals surface area contributed by atoms with Crippen LogP contribution in [-0.2, 0) is 6.54 Å². The summed E-state index contributed by atoms with van der Waals surface area (Å²) in [5.74, 6) is 1.49. The summed E-state index contributed by atoms with van der Waals surface area (Å²) in [7, 11) is 0. The van der Waals surface area contributed by atoms with Gasteiger partial charge >= 0.3 is 0 Å². The Morgan fingerprint density at radius 3 is 2.64 bits per heavy atom. The molecule has 2 aromatic heterocycles. The second-order valence-electron chi connectivity index (χ2n) is 5.94. The molecule has 0 aliphatic carbocycles. The van der Waals surface area contributed by atoms with Gasteiger partial charge in [0.2, 0.25) is 0 Å². The molecule has 0 spiro atoms. The van der Waals surface area contributed by atoms with E-state index in [0.29, 0.717) is 12.5 Å². The van der Waals surface area contributed by atoms with Crippen LogP contribution in [0.4, 0.5) is 5.82 Å². The van der Waals surface area contributed by atoms with Gasteiger partial charge in [-0.15, -0.1) is 0 Å². The Morgan fingerprint density at radius 1 is 1.14 bits per heavy atom. The van der Waals surface area contributed by atoms with Crippen molar-refractivity contribution in [1.82, 2.24) is 19.7 Å². The van der Waals surface area contributed by atoms with Crippen LogP contribution in [-0.4, -0.2) is 32.8 Å². The first-order chi connectivity index (χ1) is 10.6. The number of nitrogens with zero attached hydrogens (tertiary/aromatic N) is 5. The summed E-state index contributed by atoms with van der Waals surface area (Å²) in [6.07, 6.45) is 3.71. The molecule has 1 aliphatic rings. The lowest BCUT2D eigenvalue weighted by molar-refractivity contribution is 0.333. The molecule has 0 aromatic carbocycles. The number of hydrogen-bond donors (Lipinski definition) is 0. The highest BCUT2D eigenvalue weighted by molar-refractivity contribution is 5.38. The highest BCUT2D eigenvalue weighted by Crippen LogP contribution is 2.22. The quantitative estimate of drug-likeness (QED) is 0.860. The van der Waals surface area contributed by atoms with Gasteiger partial charge in [0.05, 0.1) is 5.69 Å². The zero-order valence-electron chi connectivity index (χ0n) is 13.1. The van der Waals surface area contributed by atoms with Crippen molar-refractivity contribution in [3.05, 3.63) is 46.3 Å². The first-order valence-electron chi connectivity index (χ1n) is 7.70. The van der Waals surface area contributed by atoms with Crippen molar-refractivity contribution in [2.45, 2.75) is 33.2 Å². The fourth-order valence-corrected chi connectivity index (χ4v) is 2.88. The molecule has 0 atom stereocenters. The third kappa shape index (κ3) is 3.32. The molecule has 3 heterocycles. The highest BCUT2D eigenvalue weighted by atomic mass is 16.1. The van der Waals surface area contributed by atoms with Crippen LogP contribution < -0.4 is 10.5 Å². The molecule has 6 nitrogen and oxygen atoms in total. The summed E-state index contributed by atoms with van der Waals surface area (Å²) in [6, 6.07) is 5.38. The van der Waals surface area contributed by atoms with E-state index in [4.69, 9.17) is 0 Å². The second-order valence-corrected chi connectivity index (χ2v) is 5.94. The van der Waals surface area contributed by atoms with Crippen LogP contribution >= 0.6 is 0 Å². The third-order valence-electron chi connectivity index (χ3n) is 4.16. The molecular weight excluding hydrogens is 278 g/mol. The van der Waals surface area contributed by atoms with Gasteiger partial charge in [-0.25, -0.2) is 14.6 Å². The molecule has 116 valence electrons. The highest BCUT2D eigenvalue weighted by Gasteiger charge is 2.21. The first-order valence-corrected chi connectivity index (χ1v) is 7.70. The van der Waals surface area contributed by atoms with Crippen LogP contribution in [0.2, 0.25) is 0 Å². The van der Waals surface area contributed by atoms with Gasteiger partial charge in [0.25, 0.3) is 5.56 Å². The topological polar surface area (TPSA) is 63.9 Å². The number of aromatic nitrogens is 4. The summed E-state index contributed by atoms with van der Waals surface area (Å²) in [6.45, 7) is 6.52. The number of rotatable bonds is 3.